The second-order valence-corrected chi connectivity index (χ2v) is 10.2. The smallest absolute Gasteiger partial charge is 0.223 e. The van der Waals surface area contributed by atoms with Crippen molar-refractivity contribution >= 4 is 33.9 Å². The molecule has 4 N–H and O–H groups in total. The van der Waals surface area contributed by atoms with Crippen LogP contribution in [0.5, 0.6) is 0 Å². The molecule has 6 rings (SSSR count). The van der Waals surface area contributed by atoms with Gasteiger partial charge in [0.2, 0.25) is 5.91 Å². The van der Waals surface area contributed by atoms with Crippen LogP contribution >= 0.6 is 0 Å². The maximum absolute atomic E-state index is 12.9. The molecule has 2 atom stereocenters. The van der Waals surface area contributed by atoms with Gasteiger partial charge in [0, 0.05) is 32.4 Å². The second kappa shape index (κ2) is 8.52. The zero-order chi connectivity index (χ0) is 24.9. The van der Waals surface area contributed by atoms with E-state index in [1.54, 1.807) is 6.33 Å². The van der Waals surface area contributed by atoms with Gasteiger partial charge in [-0.15, -0.1) is 0 Å². The van der Waals surface area contributed by atoms with Gasteiger partial charge in [-0.05, 0) is 31.9 Å². The molecule has 0 unspecified atom stereocenters. The second-order valence-electron chi connectivity index (χ2n) is 10.2. The van der Waals surface area contributed by atoms with E-state index >= 15 is 0 Å². The summed E-state index contributed by atoms with van der Waals surface area (Å²) in [4.78, 5) is 35.3. The summed E-state index contributed by atoms with van der Waals surface area (Å²) in [6, 6.07) is 7.51. The molecule has 0 bridgehead atoms. The minimum absolute atomic E-state index is 0.118. The van der Waals surface area contributed by atoms with Gasteiger partial charge in [0.25, 0.3) is 0 Å². The molecule has 0 saturated carbocycles. The molecule has 2 saturated heterocycles. The molecular weight excluding hydrogens is 460 g/mol. The highest BCUT2D eigenvalue weighted by atomic mass is 16.5. The number of nitrogens with two attached hydrogens (primary N) is 1. The van der Waals surface area contributed by atoms with E-state index in [-0.39, 0.29) is 11.9 Å². The summed E-state index contributed by atoms with van der Waals surface area (Å²) in [5.74, 6) is 1.26. The topological polar surface area (TPSA) is 148 Å². The number of hydrogen-bond donors (Lipinski definition) is 3. The number of ether oxygens (including phenoxy) is 1. The van der Waals surface area contributed by atoms with Crippen LogP contribution in [-0.4, -0.2) is 76.3 Å². The van der Waals surface area contributed by atoms with Gasteiger partial charge in [-0.3, -0.25) is 4.79 Å². The van der Waals surface area contributed by atoms with Crippen molar-refractivity contribution in [1.82, 2.24) is 34.4 Å². The minimum atomic E-state index is -1.04. The predicted octanol–water partition coefficient (Wildman–Crippen LogP) is 1.99. The summed E-state index contributed by atoms with van der Waals surface area (Å²) in [5.41, 5.74) is 7.43. The number of aryl methyl sites for hydroxylation is 1. The Morgan fingerprint density at radius 2 is 2.06 bits per heavy atom. The van der Waals surface area contributed by atoms with Crippen LogP contribution in [0, 0.1) is 0 Å². The van der Waals surface area contributed by atoms with Crippen LogP contribution in [0.25, 0.3) is 22.2 Å². The number of H-pyrrole nitrogens is 1. The Kier molecular flexibility index (Phi) is 5.41. The van der Waals surface area contributed by atoms with Crippen LogP contribution in [0.1, 0.15) is 44.5 Å². The number of para-hydroxylation sites is 2. The van der Waals surface area contributed by atoms with Crippen LogP contribution < -0.4 is 5.73 Å². The first-order chi connectivity index (χ1) is 17.3. The molecular formula is C25H30N8O3. The van der Waals surface area contributed by atoms with Crippen molar-refractivity contribution in [3.63, 3.8) is 0 Å². The summed E-state index contributed by atoms with van der Waals surface area (Å²) >= 11 is 0. The molecule has 3 aromatic heterocycles. The standard InChI is InChI=1S/C25H30N8O3/c1-24(35)13-25(36-12-18(24)33-15-29-21-22(26)27-14-28-23(21)33)8-10-32(11-9-25)20(34)7-6-19-30-16-4-2-3-5-17(16)31-19/h2-5,14-15,18,35H,6-13H2,1H3,(H,30,31)(H2,26,27,28)/t18-,24-/m1/s1. The van der Waals surface area contributed by atoms with Gasteiger partial charge in [0.15, 0.2) is 11.5 Å². The third kappa shape index (κ3) is 3.97. The van der Waals surface area contributed by atoms with E-state index in [0.29, 0.717) is 68.8 Å². The molecule has 1 spiro atoms. The maximum Gasteiger partial charge on any atom is 0.223 e. The Morgan fingerprint density at radius 3 is 2.83 bits per heavy atom. The van der Waals surface area contributed by atoms with Crippen molar-refractivity contribution in [2.75, 3.05) is 25.4 Å². The molecule has 36 heavy (non-hydrogen) atoms. The predicted molar refractivity (Wildman–Crippen MR) is 133 cm³/mol. The van der Waals surface area contributed by atoms with Crippen LogP contribution in [0.3, 0.4) is 0 Å². The molecule has 0 radical (unpaired) electrons. The van der Waals surface area contributed by atoms with Crippen molar-refractivity contribution in [3.8, 4) is 0 Å². The summed E-state index contributed by atoms with van der Waals surface area (Å²) in [7, 11) is 0. The number of carbonyl (C=O) groups is 1. The first kappa shape index (κ1) is 22.9. The van der Waals surface area contributed by atoms with Gasteiger partial charge in [-0.1, -0.05) is 12.1 Å². The number of imidazole rings is 2. The van der Waals surface area contributed by atoms with Crippen molar-refractivity contribution in [3.05, 3.63) is 42.7 Å². The Balaban J connectivity index is 1.08. The largest absolute Gasteiger partial charge is 0.388 e. The molecule has 1 amide bonds. The minimum Gasteiger partial charge on any atom is -0.388 e. The van der Waals surface area contributed by atoms with Crippen LogP contribution in [0.15, 0.2) is 36.9 Å². The van der Waals surface area contributed by atoms with Crippen molar-refractivity contribution < 1.29 is 14.6 Å². The van der Waals surface area contributed by atoms with Gasteiger partial charge >= 0.3 is 0 Å². The highest BCUT2D eigenvalue weighted by Gasteiger charge is 2.50. The number of amides is 1. The number of benzene rings is 1. The number of nitrogen functional groups attached to an aromatic ring is 1. The van der Waals surface area contributed by atoms with E-state index in [1.807, 2.05) is 40.7 Å². The fraction of sp³-hybridized carbons (Fsp3) is 0.480. The molecule has 1 aromatic carbocycles. The summed E-state index contributed by atoms with van der Waals surface area (Å²) in [6.07, 6.45) is 5.86. The highest BCUT2D eigenvalue weighted by molar-refractivity contribution is 5.81. The quantitative estimate of drug-likeness (QED) is 0.393. The summed E-state index contributed by atoms with van der Waals surface area (Å²) in [5, 5.41) is 11.5. The zero-order valence-corrected chi connectivity index (χ0v) is 20.2. The monoisotopic (exact) mass is 490 g/mol. The number of likely N-dealkylation sites (tertiary alicyclic amines) is 1. The molecule has 2 fully saturated rings. The Bertz CT molecular complexity index is 1390. The SMILES string of the molecule is C[C@@]1(O)CC2(CCN(C(=O)CCc3nc4ccccc4[nH]3)CC2)OC[C@H]1n1cnc2c(N)ncnc21. The first-order valence-electron chi connectivity index (χ1n) is 12.3. The van der Waals surface area contributed by atoms with Crippen LogP contribution in [0.2, 0.25) is 0 Å². The van der Waals surface area contributed by atoms with Gasteiger partial charge in [0.05, 0.1) is 41.2 Å². The normalized spacial score (nSPS) is 24.1. The molecule has 2 aliphatic heterocycles. The lowest BCUT2D eigenvalue weighted by atomic mass is 9.75. The Hall–Kier alpha value is -3.57. The van der Waals surface area contributed by atoms with Gasteiger partial charge < -0.3 is 30.0 Å². The average Bonchev–Trinajstić information content (AvgIpc) is 3.47. The number of nitrogens with one attached hydrogen (secondary N) is 1. The molecule has 4 aromatic rings. The maximum atomic E-state index is 12.9. The van der Waals surface area contributed by atoms with Gasteiger partial charge in [0.1, 0.15) is 17.7 Å². The van der Waals surface area contributed by atoms with Crippen molar-refractivity contribution in [1.29, 1.82) is 0 Å². The van der Waals surface area contributed by atoms with Gasteiger partial charge in [-0.25, -0.2) is 19.9 Å². The molecule has 11 heteroatoms. The lowest BCUT2D eigenvalue weighted by Crippen LogP contribution is -2.58. The number of hydrogen-bond acceptors (Lipinski definition) is 8. The third-order valence-corrected chi connectivity index (χ3v) is 7.71. The number of nitrogens with zero attached hydrogens (tertiary/aromatic N) is 6. The van der Waals surface area contributed by atoms with Crippen molar-refractivity contribution in [2.45, 2.75) is 56.3 Å². The number of anilines is 1. The average molecular weight is 491 g/mol. The van der Waals surface area contributed by atoms with E-state index in [4.69, 9.17) is 10.5 Å². The molecule has 5 heterocycles. The fourth-order valence-electron chi connectivity index (χ4n) is 5.73. The third-order valence-electron chi connectivity index (χ3n) is 7.71. The van der Waals surface area contributed by atoms with E-state index < -0.39 is 11.2 Å². The molecule has 188 valence electrons. The van der Waals surface area contributed by atoms with Crippen LogP contribution in [0.4, 0.5) is 5.82 Å². The highest BCUT2D eigenvalue weighted by Crippen LogP contribution is 2.44. The Labute approximate surface area is 207 Å². The number of rotatable bonds is 4. The number of fused-ring (bicyclic) bond motifs is 2. The fourth-order valence-corrected chi connectivity index (χ4v) is 5.73. The molecule has 2 aliphatic rings. The van der Waals surface area contributed by atoms with Gasteiger partial charge in [-0.2, -0.15) is 0 Å². The first-order valence-corrected chi connectivity index (χ1v) is 12.3. The Morgan fingerprint density at radius 1 is 1.25 bits per heavy atom. The summed E-state index contributed by atoms with van der Waals surface area (Å²) < 4.78 is 8.24. The van der Waals surface area contributed by atoms with E-state index in [9.17, 15) is 9.90 Å². The van der Waals surface area contributed by atoms with Crippen molar-refractivity contribution in [2.24, 2.45) is 0 Å². The number of aromatic amines is 1. The number of piperidine rings is 1. The van der Waals surface area contributed by atoms with E-state index in [0.717, 1.165) is 16.9 Å². The lowest BCUT2D eigenvalue weighted by molar-refractivity contribution is -0.196. The van der Waals surface area contributed by atoms with E-state index in [2.05, 4.69) is 24.9 Å². The summed E-state index contributed by atoms with van der Waals surface area (Å²) in [6.45, 7) is 3.38. The molecule has 0 aliphatic carbocycles. The zero-order valence-electron chi connectivity index (χ0n) is 20.2. The number of carbonyl (C=O) groups excluding carboxylic acids is 1. The number of aliphatic hydroxyl groups is 1. The number of aromatic nitrogens is 6. The van der Waals surface area contributed by atoms with Crippen LogP contribution in [-0.2, 0) is 16.0 Å². The van der Waals surface area contributed by atoms with E-state index in [1.165, 1.54) is 6.33 Å². The molecule has 11 nitrogen and oxygen atoms in total. The lowest BCUT2D eigenvalue weighted by Gasteiger charge is -2.51.